The summed E-state index contributed by atoms with van der Waals surface area (Å²) in [5, 5.41) is 0. The largest absolute Gasteiger partial charge is 0.497 e. The molecule has 0 spiro atoms. The van der Waals surface area contributed by atoms with Crippen molar-refractivity contribution in [3.8, 4) is 5.75 Å². The highest BCUT2D eigenvalue weighted by atomic mass is 32.2. The van der Waals surface area contributed by atoms with Gasteiger partial charge in [0, 0.05) is 6.08 Å². The van der Waals surface area contributed by atoms with Crippen LogP contribution in [0.3, 0.4) is 0 Å². The van der Waals surface area contributed by atoms with E-state index in [1.807, 2.05) is 24.3 Å². The van der Waals surface area contributed by atoms with Crippen molar-refractivity contribution in [2.24, 2.45) is 0 Å². The first-order valence-corrected chi connectivity index (χ1v) is 8.53. The molecule has 0 unspecified atom stereocenters. The van der Waals surface area contributed by atoms with Crippen LogP contribution >= 0.6 is 24.0 Å². The second kappa shape index (κ2) is 7.36. The van der Waals surface area contributed by atoms with Gasteiger partial charge in [-0.25, -0.2) is 4.79 Å². The Morgan fingerprint density at radius 1 is 1.29 bits per heavy atom. The average molecular weight is 365 g/mol. The zero-order valence-electron chi connectivity index (χ0n) is 14.0. The van der Waals surface area contributed by atoms with Crippen LogP contribution in [-0.4, -0.2) is 33.8 Å². The van der Waals surface area contributed by atoms with Gasteiger partial charge in [0.05, 0.1) is 18.6 Å². The van der Waals surface area contributed by atoms with Crippen LogP contribution in [0.25, 0.3) is 0 Å². The Bertz CT molecular complexity index is 690. The summed E-state index contributed by atoms with van der Waals surface area (Å²) in [7, 11) is 1.60. The molecule has 2 rings (SSSR count). The minimum atomic E-state index is -0.607. The van der Waals surface area contributed by atoms with Crippen molar-refractivity contribution in [2.75, 3.05) is 7.11 Å². The molecule has 5 nitrogen and oxygen atoms in total. The summed E-state index contributed by atoms with van der Waals surface area (Å²) in [6.07, 6.45) is 1.21. The number of amides is 1. The summed E-state index contributed by atoms with van der Waals surface area (Å²) in [5.41, 5.74) is 0.314. The molecule has 24 heavy (non-hydrogen) atoms. The van der Waals surface area contributed by atoms with Crippen molar-refractivity contribution < 1.29 is 19.1 Å². The molecule has 1 aliphatic heterocycles. The third-order valence-electron chi connectivity index (χ3n) is 3.03. The van der Waals surface area contributed by atoms with Gasteiger partial charge in [-0.05, 0) is 38.5 Å². The minimum Gasteiger partial charge on any atom is -0.497 e. The van der Waals surface area contributed by atoms with Crippen LogP contribution in [0.5, 0.6) is 5.75 Å². The Labute approximate surface area is 151 Å². The predicted octanol–water partition coefficient (Wildman–Crippen LogP) is 3.28. The quantitative estimate of drug-likeness (QED) is 0.464. The molecular weight excluding hydrogens is 346 g/mol. The maximum Gasteiger partial charge on any atom is 0.332 e. The number of benzene rings is 1. The molecule has 0 saturated carbocycles. The van der Waals surface area contributed by atoms with Crippen molar-refractivity contribution in [1.82, 2.24) is 4.90 Å². The smallest absolute Gasteiger partial charge is 0.332 e. The molecule has 1 aliphatic rings. The summed E-state index contributed by atoms with van der Waals surface area (Å²) in [4.78, 5) is 26.1. The summed E-state index contributed by atoms with van der Waals surface area (Å²) in [6.45, 7) is 5.66. The third kappa shape index (κ3) is 4.82. The van der Waals surface area contributed by atoms with Crippen LogP contribution in [0.2, 0.25) is 0 Å². The Kier molecular flexibility index (Phi) is 5.66. The number of thiocarbonyl (C=S) groups is 1. The summed E-state index contributed by atoms with van der Waals surface area (Å²) in [5.74, 6) is -0.0897. The number of hydrogen-bond acceptors (Lipinski definition) is 6. The Balaban J connectivity index is 2.09. The zero-order valence-corrected chi connectivity index (χ0v) is 15.6. The van der Waals surface area contributed by atoms with E-state index in [0.717, 1.165) is 23.1 Å². The molecule has 0 atom stereocenters. The van der Waals surface area contributed by atoms with Crippen LogP contribution in [0, 0.1) is 0 Å². The molecule has 0 aromatic heterocycles. The monoisotopic (exact) mass is 365 g/mol. The molecule has 1 saturated heterocycles. The topological polar surface area (TPSA) is 55.8 Å². The molecule has 1 heterocycles. The maximum absolute atomic E-state index is 12.5. The van der Waals surface area contributed by atoms with E-state index < -0.39 is 11.6 Å². The van der Waals surface area contributed by atoms with E-state index in [4.69, 9.17) is 21.7 Å². The lowest BCUT2D eigenvalue weighted by atomic mass is 10.2. The molecule has 1 amide bonds. The number of rotatable bonds is 4. The number of carbonyl (C=O) groups is 2. The number of methoxy groups -OCH3 is 1. The molecular formula is C17H19NO4S2. The first-order valence-electron chi connectivity index (χ1n) is 7.31. The van der Waals surface area contributed by atoms with Crippen LogP contribution in [0.1, 0.15) is 26.3 Å². The standard InChI is InChI=1S/C17H19NO4S2/c1-17(2,3)22-14(19)9-13-15(20)18(16(23)24-13)10-11-5-7-12(21-4)8-6-11/h5-9H,10H2,1-4H3/b13-9-. The molecule has 1 aromatic carbocycles. The number of esters is 1. The third-order valence-corrected chi connectivity index (χ3v) is 4.41. The average Bonchev–Trinajstić information content (AvgIpc) is 2.73. The van der Waals surface area contributed by atoms with Crippen molar-refractivity contribution in [3.05, 3.63) is 40.8 Å². The highest BCUT2D eigenvalue weighted by Gasteiger charge is 2.33. The first-order chi connectivity index (χ1) is 11.2. The van der Waals surface area contributed by atoms with Gasteiger partial charge < -0.3 is 9.47 Å². The van der Waals surface area contributed by atoms with Crippen LogP contribution in [0.4, 0.5) is 0 Å². The second-order valence-electron chi connectivity index (χ2n) is 6.15. The van der Waals surface area contributed by atoms with E-state index in [1.165, 1.54) is 11.0 Å². The van der Waals surface area contributed by atoms with E-state index in [9.17, 15) is 9.59 Å². The van der Waals surface area contributed by atoms with E-state index in [2.05, 4.69) is 0 Å². The zero-order chi connectivity index (χ0) is 17.9. The second-order valence-corrected chi connectivity index (χ2v) is 7.83. The van der Waals surface area contributed by atoms with Gasteiger partial charge in [0.1, 0.15) is 15.7 Å². The summed E-state index contributed by atoms with van der Waals surface area (Å²) >= 11 is 6.36. The van der Waals surface area contributed by atoms with Crippen molar-refractivity contribution >= 4 is 40.2 Å². The van der Waals surface area contributed by atoms with Crippen LogP contribution in [-0.2, 0) is 20.9 Å². The number of hydrogen-bond donors (Lipinski definition) is 0. The lowest BCUT2D eigenvalue weighted by molar-refractivity contribution is -0.148. The van der Waals surface area contributed by atoms with E-state index >= 15 is 0 Å². The SMILES string of the molecule is COc1ccc(CN2C(=O)/C(=C/C(=O)OC(C)(C)C)SC2=S)cc1. The minimum absolute atomic E-state index is 0.280. The Morgan fingerprint density at radius 3 is 2.46 bits per heavy atom. The van der Waals surface area contributed by atoms with Gasteiger partial charge in [-0.3, -0.25) is 9.69 Å². The highest BCUT2D eigenvalue weighted by Crippen LogP contribution is 2.32. The van der Waals surface area contributed by atoms with E-state index in [1.54, 1.807) is 27.9 Å². The fourth-order valence-corrected chi connectivity index (χ4v) is 3.20. The lowest BCUT2D eigenvalue weighted by Crippen LogP contribution is -2.27. The number of nitrogens with zero attached hydrogens (tertiary/aromatic N) is 1. The summed E-state index contributed by atoms with van der Waals surface area (Å²) < 4.78 is 10.7. The van der Waals surface area contributed by atoms with Gasteiger partial charge in [-0.15, -0.1) is 0 Å². The van der Waals surface area contributed by atoms with Crippen molar-refractivity contribution in [3.63, 3.8) is 0 Å². The molecule has 0 aliphatic carbocycles. The molecule has 1 fully saturated rings. The van der Waals surface area contributed by atoms with Crippen LogP contribution in [0.15, 0.2) is 35.2 Å². The van der Waals surface area contributed by atoms with Gasteiger partial charge in [-0.1, -0.05) is 36.1 Å². The molecule has 0 N–H and O–H groups in total. The summed E-state index contributed by atoms with van der Waals surface area (Å²) in [6, 6.07) is 7.39. The van der Waals surface area contributed by atoms with Gasteiger partial charge in [0.15, 0.2) is 0 Å². The normalized spacial score (nSPS) is 16.7. The molecule has 7 heteroatoms. The van der Waals surface area contributed by atoms with Gasteiger partial charge in [0.25, 0.3) is 5.91 Å². The lowest BCUT2D eigenvalue weighted by Gasteiger charge is -2.18. The predicted molar refractivity (Wildman–Crippen MR) is 97.7 cm³/mol. The number of carbonyl (C=O) groups excluding carboxylic acids is 2. The Morgan fingerprint density at radius 2 is 1.92 bits per heavy atom. The molecule has 1 aromatic rings. The van der Waals surface area contributed by atoms with Crippen molar-refractivity contribution in [1.29, 1.82) is 0 Å². The highest BCUT2D eigenvalue weighted by molar-refractivity contribution is 8.26. The maximum atomic E-state index is 12.5. The first kappa shape index (κ1) is 18.5. The van der Waals surface area contributed by atoms with Gasteiger partial charge in [-0.2, -0.15) is 0 Å². The number of ether oxygens (including phenoxy) is 2. The fourth-order valence-electron chi connectivity index (χ4n) is 1.99. The molecule has 0 bridgehead atoms. The van der Waals surface area contributed by atoms with Gasteiger partial charge in [0.2, 0.25) is 0 Å². The molecule has 128 valence electrons. The van der Waals surface area contributed by atoms with E-state index in [0.29, 0.717) is 10.9 Å². The van der Waals surface area contributed by atoms with Crippen molar-refractivity contribution in [2.45, 2.75) is 32.9 Å². The van der Waals surface area contributed by atoms with Gasteiger partial charge >= 0.3 is 5.97 Å². The number of thioether (sulfide) groups is 1. The Hall–Kier alpha value is -1.86. The molecule has 0 radical (unpaired) electrons. The fraction of sp³-hybridized carbons (Fsp3) is 0.353. The van der Waals surface area contributed by atoms with E-state index in [-0.39, 0.29) is 10.8 Å². The van der Waals surface area contributed by atoms with Crippen LogP contribution < -0.4 is 4.74 Å².